The van der Waals surface area contributed by atoms with E-state index in [1.54, 1.807) is 0 Å². The van der Waals surface area contributed by atoms with Crippen LogP contribution < -0.4 is 0 Å². The molecule has 64 heavy (non-hydrogen) atoms. The summed E-state index contributed by atoms with van der Waals surface area (Å²) in [7, 11) is 0. The van der Waals surface area contributed by atoms with Gasteiger partial charge in [-0.3, -0.25) is 0 Å². The lowest BCUT2D eigenvalue weighted by atomic mass is 10.00. The van der Waals surface area contributed by atoms with Crippen molar-refractivity contribution in [1.29, 1.82) is 0 Å². The van der Waals surface area contributed by atoms with Crippen LogP contribution in [-0.4, -0.2) is 19.5 Å². The van der Waals surface area contributed by atoms with Crippen LogP contribution in [0.4, 0.5) is 0 Å². The van der Waals surface area contributed by atoms with Crippen molar-refractivity contribution < 1.29 is 4.42 Å². The summed E-state index contributed by atoms with van der Waals surface area (Å²) in [4.78, 5) is 16.2. The van der Waals surface area contributed by atoms with Gasteiger partial charge < -0.3 is 8.98 Å². The van der Waals surface area contributed by atoms with Crippen molar-refractivity contribution in [3.05, 3.63) is 206 Å². The highest BCUT2D eigenvalue weighted by atomic mass is 16.3. The first-order valence-corrected chi connectivity index (χ1v) is 21.7. The fourth-order valence-corrected chi connectivity index (χ4v) is 10.1. The van der Waals surface area contributed by atoms with Crippen molar-refractivity contribution in [3.63, 3.8) is 0 Å². The molecule has 0 N–H and O–H groups in total. The molecule has 5 nitrogen and oxygen atoms in total. The van der Waals surface area contributed by atoms with E-state index in [0.29, 0.717) is 17.5 Å². The molecule has 0 radical (unpaired) electrons. The molecular weight excluding hydrogens is 781 g/mol. The zero-order chi connectivity index (χ0) is 41.9. The lowest BCUT2D eigenvalue weighted by molar-refractivity contribution is 0.669. The maximum Gasteiger partial charge on any atom is 0.166 e. The molecule has 0 bridgehead atoms. The number of hydrogen-bond donors (Lipinski definition) is 0. The van der Waals surface area contributed by atoms with E-state index in [4.69, 9.17) is 19.4 Å². The molecule has 0 saturated carbocycles. The summed E-state index contributed by atoms with van der Waals surface area (Å²) in [5.41, 5.74) is 7.43. The van der Waals surface area contributed by atoms with Gasteiger partial charge in [0.25, 0.3) is 0 Å². The van der Waals surface area contributed by atoms with E-state index >= 15 is 0 Å². The molecule has 0 spiro atoms. The molecule has 0 unspecified atom stereocenters. The van der Waals surface area contributed by atoms with Crippen molar-refractivity contribution in [2.75, 3.05) is 0 Å². The van der Waals surface area contributed by atoms with Crippen molar-refractivity contribution in [2.24, 2.45) is 0 Å². The van der Waals surface area contributed by atoms with E-state index in [2.05, 4.69) is 211 Å². The summed E-state index contributed by atoms with van der Waals surface area (Å²) in [5.74, 6) is 1.78. The van der Waals surface area contributed by atoms with Crippen LogP contribution >= 0.6 is 0 Å². The Hall–Kier alpha value is -8.67. The summed E-state index contributed by atoms with van der Waals surface area (Å²) in [5, 5.41) is 16.1. The minimum atomic E-state index is 0.574. The Bertz CT molecular complexity index is 4270. The zero-order valence-electron chi connectivity index (χ0n) is 34.3. The van der Waals surface area contributed by atoms with Gasteiger partial charge in [-0.25, -0.2) is 15.0 Å². The van der Waals surface area contributed by atoms with Crippen molar-refractivity contribution in [2.45, 2.75) is 0 Å². The molecule has 14 aromatic rings. The fraction of sp³-hybridized carbons (Fsp3) is 0. The third kappa shape index (κ3) is 5.28. The zero-order valence-corrected chi connectivity index (χ0v) is 34.3. The lowest BCUT2D eigenvalue weighted by Gasteiger charge is -2.15. The second-order valence-electron chi connectivity index (χ2n) is 16.8. The SMILES string of the molecule is c1ccc2cc(-c3nc(-c4ccc5c(ccc6ccccc65)c4)nc(-c4cc5c(cc4-n4c6ccccc6c6cc7ccccc7cc64)oc4ccc6ccccc6c45)n3)ccc2c1. The van der Waals surface area contributed by atoms with E-state index in [1.165, 1.54) is 37.7 Å². The Morgan fingerprint density at radius 2 is 0.859 bits per heavy atom. The molecule has 11 aromatic carbocycles. The summed E-state index contributed by atoms with van der Waals surface area (Å²) in [6.07, 6.45) is 0. The van der Waals surface area contributed by atoms with Gasteiger partial charge in [0.05, 0.1) is 16.7 Å². The number of furan rings is 1. The fourth-order valence-electron chi connectivity index (χ4n) is 10.1. The van der Waals surface area contributed by atoms with Gasteiger partial charge >= 0.3 is 0 Å². The van der Waals surface area contributed by atoms with E-state index in [1.807, 2.05) is 0 Å². The molecule has 3 aromatic heterocycles. The molecule has 296 valence electrons. The third-order valence-corrected chi connectivity index (χ3v) is 13.1. The van der Waals surface area contributed by atoms with Crippen LogP contribution in [-0.2, 0) is 0 Å². The Morgan fingerprint density at radius 1 is 0.312 bits per heavy atom. The molecule has 5 heteroatoms. The van der Waals surface area contributed by atoms with Crippen LogP contribution in [0.3, 0.4) is 0 Å². The molecule has 3 heterocycles. The second-order valence-corrected chi connectivity index (χ2v) is 16.8. The van der Waals surface area contributed by atoms with Crippen molar-refractivity contribution in [3.8, 4) is 39.9 Å². The highest BCUT2D eigenvalue weighted by Crippen LogP contribution is 2.43. The molecule has 0 atom stereocenters. The molecule has 0 saturated heterocycles. The number of rotatable bonds is 4. The predicted molar refractivity (Wildman–Crippen MR) is 265 cm³/mol. The number of para-hydroxylation sites is 1. The minimum absolute atomic E-state index is 0.574. The highest BCUT2D eigenvalue weighted by molar-refractivity contribution is 6.20. The third-order valence-electron chi connectivity index (χ3n) is 13.1. The van der Waals surface area contributed by atoms with Gasteiger partial charge in [0.1, 0.15) is 11.2 Å². The minimum Gasteiger partial charge on any atom is -0.456 e. The molecule has 0 amide bonds. The van der Waals surface area contributed by atoms with E-state index < -0.39 is 0 Å². The summed E-state index contributed by atoms with van der Waals surface area (Å²) in [6.45, 7) is 0. The Labute approximate surface area is 366 Å². The predicted octanol–water partition coefficient (Wildman–Crippen LogP) is 15.6. The number of hydrogen-bond acceptors (Lipinski definition) is 4. The molecule has 14 rings (SSSR count). The normalized spacial score (nSPS) is 12.1. The molecule has 0 aliphatic carbocycles. The topological polar surface area (TPSA) is 56.7 Å². The van der Waals surface area contributed by atoms with E-state index in [0.717, 1.165) is 82.3 Å². The smallest absolute Gasteiger partial charge is 0.166 e. The van der Waals surface area contributed by atoms with Gasteiger partial charge in [0.15, 0.2) is 17.5 Å². The van der Waals surface area contributed by atoms with Crippen LogP contribution in [0.2, 0.25) is 0 Å². The Morgan fingerprint density at radius 3 is 1.66 bits per heavy atom. The summed E-state index contributed by atoms with van der Waals surface area (Å²) >= 11 is 0. The molecule has 0 aliphatic rings. The Kier molecular flexibility index (Phi) is 7.33. The van der Waals surface area contributed by atoms with Gasteiger partial charge in [0, 0.05) is 44.3 Å². The first-order chi connectivity index (χ1) is 31.7. The van der Waals surface area contributed by atoms with Crippen LogP contribution in [0.15, 0.2) is 211 Å². The van der Waals surface area contributed by atoms with Gasteiger partial charge in [-0.2, -0.15) is 0 Å². The lowest BCUT2D eigenvalue weighted by Crippen LogP contribution is -2.04. The second kappa shape index (κ2) is 13.4. The maximum absolute atomic E-state index is 6.82. The number of nitrogens with zero attached hydrogens (tertiary/aromatic N) is 4. The van der Waals surface area contributed by atoms with Crippen LogP contribution in [0.5, 0.6) is 0 Å². The average Bonchev–Trinajstić information content (AvgIpc) is 3.89. The monoisotopic (exact) mass is 814 g/mol. The van der Waals surface area contributed by atoms with Gasteiger partial charge in [-0.1, -0.05) is 158 Å². The number of aromatic nitrogens is 4. The molecule has 0 fully saturated rings. The molecular formula is C59H34N4O. The Balaban J connectivity index is 1.10. The van der Waals surface area contributed by atoms with E-state index in [9.17, 15) is 0 Å². The summed E-state index contributed by atoms with van der Waals surface area (Å²) < 4.78 is 9.19. The first kappa shape index (κ1) is 35.0. The largest absolute Gasteiger partial charge is 0.456 e. The maximum atomic E-state index is 6.82. The van der Waals surface area contributed by atoms with E-state index in [-0.39, 0.29) is 0 Å². The number of benzene rings is 11. The van der Waals surface area contributed by atoms with Crippen LogP contribution in [0.25, 0.3) is 137 Å². The van der Waals surface area contributed by atoms with Crippen LogP contribution in [0.1, 0.15) is 0 Å². The standard InChI is InChI=1S/C59H34N4O/c1-2-14-38-29-42(24-21-35(38)11-1)57-60-58(43-25-27-45-41(30-43)23-22-36-12-5-7-17-44(36)45)62-59(61-57)49-33-50-55(64-54-28-26-37-13-6-8-18-46(37)56(50)54)34-53(49)63-51-20-10-9-19-47(51)48-31-39-15-3-4-16-40(39)32-52(48)63/h1-34H. The average molecular weight is 815 g/mol. The van der Waals surface area contributed by atoms with Gasteiger partial charge in [0.2, 0.25) is 0 Å². The highest BCUT2D eigenvalue weighted by Gasteiger charge is 2.23. The van der Waals surface area contributed by atoms with Gasteiger partial charge in [-0.05, 0) is 96.3 Å². The number of fused-ring (bicyclic) bond motifs is 13. The summed E-state index contributed by atoms with van der Waals surface area (Å²) in [6, 6.07) is 73.4. The van der Waals surface area contributed by atoms with Gasteiger partial charge in [-0.15, -0.1) is 0 Å². The molecule has 0 aliphatic heterocycles. The van der Waals surface area contributed by atoms with Crippen LogP contribution in [0, 0.1) is 0 Å². The van der Waals surface area contributed by atoms with Crippen molar-refractivity contribution >= 4 is 97.6 Å². The quantitative estimate of drug-likeness (QED) is 0.166. The van der Waals surface area contributed by atoms with Crippen molar-refractivity contribution in [1.82, 2.24) is 19.5 Å². The first-order valence-electron chi connectivity index (χ1n) is 21.7.